The van der Waals surface area contributed by atoms with Gasteiger partial charge in [0.05, 0.1) is 7.11 Å². The zero-order valence-corrected chi connectivity index (χ0v) is 15.2. The minimum atomic E-state index is -0.776. The zero-order valence-electron chi connectivity index (χ0n) is 15.2. The fourth-order valence-electron chi connectivity index (χ4n) is 2.56. The Kier molecular flexibility index (Phi) is 6.29. The lowest BCUT2D eigenvalue weighted by Gasteiger charge is -2.15. The van der Waals surface area contributed by atoms with E-state index >= 15 is 0 Å². The second-order valence-corrected chi connectivity index (χ2v) is 5.88. The number of aromatic nitrogens is 4. The first-order valence-electron chi connectivity index (χ1n) is 8.52. The number of esters is 1. The van der Waals surface area contributed by atoms with Crippen LogP contribution in [0.2, 0.25) is 0 Å². The molecule has 1 atom stereocenters. The van der Waals surface area contributed by atoms with Gasteiger partial charge in [0.2, 0.25) is 0 Å². The number of nitrogens with one attached hydrogen (secondary N) is 1. The first-order chi connectivity index (χ1) is 13.7. The Labute approximate surface area is 161 Å². The molecule has 0 aliphatic rings. The van der Waals surface area contributed by atoms with Crippen LogP contribution in [0.3, 0.4) is 0 Å². The standard InChI is InChI=1S/C19H19N5O4/c1-27-16-9-5-8-15(11-16)21-18(25)12-28-19(26)17(24-13-20-22-23-24)10-14-6-3-2-4-7-14/h2-9,11,13,17H,10,12H2,1H3,(H,21,25)/t17-/m0/s1. The Balaban J connectivity index is 1.61. The minimum absolute atomic E-state index is 0.336. The molecule has 144 valence electrons. The van der Waals surface area contributed by atoms with Crippen molar-refractivity contribution in [3.8, 4) is 5.75 Å². The van der Waals surface area contributed by atoms with Gasteiger partial charge in [-0.3, -0.25) is 4.79 Å². The highest BCUT2D eigenvalue weighted by molar-refractivity contribution is 5.93. The molecule has 9 heteroatoms. The van der Waals surface area contributed by atoms with Crippen LogP contribution in [0.15, 0.2) is 60.9 Å². The van der Waals surface area contributed by atoms with E-state index in [1.165, 1.54) is 18.1 Å². The summed E-state index contributed by atoms with van der Waals surface area (Å²) in [5, 5.41) is 13.6. The van der Waals surface area contributed by atoms with Gasteiger partial charge in [-0.2, -0.15) is 0 Å². The summed E-state index contributed by atoms with van der Waals surface area (Å²) >= 11 is 0. The third-order valence-corrected chi connectivity index (χ3v) is 3.93. The van der Waals surface area contributed by atoms with Crippen molar-refractivity contribution in [2.45, 2.75) is 12.5 Å². The van der Waals surface area contributed by atoms with E-state index in [1.54, 1.807) is 24.3 Å². The average Bonchev–Trinajstić information content (AvgIpc) is 3.25. The van der Waals surface area contributed by atoms with Gasteiger partial charge in [-0.15, -0.1) is 5.10 Å². The maximum atomic E-state index is 12.6. The van der Waals surface area contributed by atoms with Gasteiger partial charge in [-0.1, -0.05) is 36.4 Å². The van der Waals surface area contributed by atoms with Gasteiger partial charge in [0.25, 0.3) is 5.91 Å². The second kappa shape index (κ2) is 9.26. The summed E-state index contributed by atoms with van der Waals surface area (Å²) in [6.45, 7) is -0.427. The van der Waals surface area contributed by atoms with Crippen LogP contribution in [-0.4, -0.2) is 45.8 Å². The maximum absolute atomic E-state index is 12.6. The fraction of sp³-hybridized carbons (Fsp3) is 0.211. The molecule has 0 spiro atoms. The van der Waals surface area contributed by atoms with Gasteiger partial charge in [-0.25, -0.2) is 9.48 Å². The van der Waals surface area contributed by atoms with E-state index in [-0.39, 0.29) is 0 Å². The zero-order chi connectivity index (χ0) is 19.8. The molecule has 2 aromatic carbocycles. The van der Waals surface area contributed by atoms with Gasteiger partial charge in [0.15, 0.2) is 12.6 Å². The summed E-state index contributed by atoms with van der Waals surface area (Å²) in [5.41, 5.74) is 1.46. The number of nitrogens with zero attached hydrogens (tertiary/aromatic N) is 4. The largest absolute Gasteiger partial charge is 0.497 e. The smallest absolute Gasteiger partial charge is 0.331 e. The first kappa shape index (κ1) is 19.0. The monoisotopic (exact) mass is 381 g/mol. The van der Waals surface area contributed by atoms with E-state index in [4.69, 9.17) is 9.47 Å². The first-order valence-corrected chi connectivity index (χ1v) is 8.52. The molecule has 0 aliphatic carbocycles. The Morgan fingerprint density at radius 1 is 1.14 bits per heavy atom. The van der Waals surface area contributed by atoms with Crippen molar-refractivity contribution in [2.24, 2.45) is 0 Å². The lowest BCUT2D eigenvalue weighted by atomic mass is 10.1. The lowest BCUT2D eigenvalue weighted by molar-refractivity contribution is -0.151. The normalized spacial score (nSPS) is 11.5. The van der Waals surface area contributed by atoms with Crippen molar-refractivity contribution in [3.05, 3.63) is 66.5 Å². The number of carbonyl (C=O) groups is 2. The van der Waals surface area contributed by atoms with Crippen LogP contribution in [0, 0.1) is 0 Å². The third-order valence-electron chi connectivity index (χ3n) is 3.93. The second-order valence-electron chi connectivity index (χ2n) is 5.88. The minimum Gasteiger partial charge on any atom is -0.497 e. The van der Waals surface area contributed by atoms with Crippen molar-refractivity contribution in [3.63, 3.8) is 0 Å². The fourth-order valence-corrected chi connectivity index (χ4v) is 2.56. The molecule has 0 saturated heterocycles. The Morgan fingerprint density at radius 2 is 1.96 bits per heavy atom. The van der Waals surface area contributed by atoms with Crippen LogP contribution in [0.4, 0.5) is 5.69 Å². The highest BCUT2D eigenvalue weighted by atomic mass is 16.5. The van der Waals surface area contributed by atoms with Crippen molar-refractivity contribution in [1.29, 1.82) is 0 Å². The van der Waals surface area contributed by atoms with Crippen LogP contribution < -0.4 is 10.1 Å². The molecule has 0 saturated carbocycles. The number of rotatable bonds is 8. The molecule has 0 aliphatic heterocycles. The van der Waals surface area contributed by atoms with Crippen molar-refractivity contribution >= 4 is 17.6 Å². The average molecular weight is 381 g/mol. The molecule has 3 rings (SSSR count). The molecule has 1 heterocycles. The highest BCUT2D eigenvalue weighted by Crippen LogP contribution is 2.17. The predicted molar refractivity (Wildman–Crippen MR) is 99.6 cm³/mol. The molecule has 1 amide bonds. The number of hydrogen-bond acceptors (Lipinski definition) is 7. The number of tetrazole rings is 1. The molecular weight excluding hydrogens is 362 g/mol. The molecule has 1 aromatic heterocycles. The lowest BCUT2D eigenvalue weighted by Crippen LogP contribution is -2.28. The molecule has 1 N–H and O–H groups in total. The SMILES string of the molecule is COc1cccc(NC(=O)COC(=O)[C@H](Cc2ccccc2)n2cnnn2)c1. The number of carbonyl (C=O) groups excluding carboxylic acids is 2. The van der Waals surface area contributed by atoms with E-state index in [1.807, 2.05) is 30.3 Å². The summed E-state index contributed by atoms with van der Waals surface area (Å²) in [6.07, 6.45) is 1.67. The van der Waals surface area contributed by atoms with Crippen LogP contribution in [0.5, 0.6) is 5.75 Å². The van der Waals surface area contributed by atoms with Crippen molar-refractivity contribution < 1.29 is 19.1 Å². The number of benzene rings is 2. The van der Waals surface area contributed by atoms with Crippen LogP contribution in [0.25, 0.3) is 0 Å². The molecule has 0 fully saturated rings. The number of hydrogen-bond donors (Lipinski definition) is 1. The predicted octanol–water partition coefficient (Wildman–Crippen LogP) is 1.65. The van der Waals surface area contributed by atoms with Gasteiger partial charge in [-0.05, 0) is 28.1 Å². The molecule has 0 unspecified atom stereocenters. The van der Waals surface area contributed by atoms with E-state index < -0.39 is 24.5 Å². The molecule has 0 radical (unpaired) electrons. The van der Waals surface area contributed by atoms with Gasteiger partial charge >= 0.3 is 5.97 Å². The Morgan fingerprint density at radius 3 is 2.68 bits per heavy atom. The van der Waals surface area contributed by atoms with E-state index in [2.05, 4.69) is 20.8 Å². The van der Waals surface area contributed by atoms with E-state index in [0.29, 0.717) is 17.9 Å². The number of methoxy groups -OCH3 is 1. The number of anilines is 1. The van der Waals surface area contributed by atoms with Gasteiger partial charge < -0.3 is 14.8 Å². The quantitative estimate of drug-likeness (QED) is 0.591. The van der Waals surface area contributed by atoms with Crippen molar-refractivity contribution in [1.82, 2.24) is 20.2 Å². The van der Waals surface area contributed by atoms with Crippen LogP contribution in [-0.2, 0) is 20.7 Å². The Hall–Kier alpha value is -3.75. The van der Waals surface area contributed by atoms with E-state index in [9.17, 15) is 9.59 Å². The van der Waals surface area contributed by atoms with Gasteiger partial charge in [0, 0.05) is 18.2 Å². The van der Waals surface area contributed by atoms with Crippen molar-refractivity contribution in [2.75, 3.05) is 19.0 Å². The number of ether oxygens (including phenoxy) is 2. The Bertz CT molecular complexity index is 915. The van der Waals surface area contributed by atoms with E-state index in [0.717, 1.165) is 5.56 Å². The summed E-state index contributed by atoms with van der Waals surface area (Å²) in [7, 11) is 1.54. The number of amides is 1. The highest BCUT2D eigenvalue weighted by Gasteiger charge is 2.24. The molecule has 0 bridgehead atoms. The van der Waals surface area contributed by atoms with Crippen LogP contribution in [0.1, 0.15) is 11.6 Å². The summed E-state index contributed by atoms with van der Waals surface area (Å²) in [6, 6.07) is 15.5. The summed E-state index contributed by atoms with van der Waals surface area (Å²) in [4.78, 5) is 24.7. The molecule has 3 aromatic rings. The van der Waals surface area contributed by atoms with Crippen LogP contribution >= 0.6 is 0 Å². The molecule has 28 heavy (non-hydrogen) atoms. The maximum Gasteiger partial charge on any atom is 0.331 e. The topological polar surface area (TPSA) is 108 Å². The molecule has 9 nitrogen and oxygen atoms in total. The third kappa shape index (κ3) is 5.13. The summed E-state index contributed by atoms with van der Waals surface area (Å²) < 4.78 is 11.6. The van der Waals surface area contributed by atoms with Gasteiger partial charge in [0.1, 0.15) is 12.1 Å². The summed E-state index contributed by atoms with van der Waals surface area (Å²) in [5.74, 6) is -0.454. The molecular formula is C19H19N5O4.